The van der Waals surface area contributed by atoms with Crippen LogP contribution in [0.3, 0.4) is 0 Å². The highest BCUT2D eigenvalue weighted by Crippen LogP contribution is 2.53. The fourth-order valence-electron chi connectivity index (χ4n) is 5.30. The predicted molar refractivity (Wildman–Crippen MR) is 140 cm³/mol. The van der Waals surface area contributed by atoms with Crippen molar-refractivity contribution < 1.29 is 0 Å². The summed E-state index contributed by atoms with van der Waals surface area (Å²) in [5, 5.41) is 0. The molecular formula is C28H41I. The van der Waals surface area contributed by atoms with Gasteiger partial charge in [-0.3, -0.25) is 0 Å². The van der Waals surface area contributed by atoms with E-state index in [1.807, 2.05) is 0 Å². The topological polar surface area (TPSA) is 0 Å². The van der Waals surface area contributed by atoms with Crippen molar-refractivity contribution in [3.63, 3.8) is 0 Å². The second-order valence-electron chi connectivity index (χ2n) is 9.02. The first-order chi connectivity index (χ1) is 14.3. The third-order valence-corrected chi connectivity index (χ3v) is 8.68. The van der Waals surface area contributed by atoms with Gasteiger partial charge in [0.1, 0.15) is 0 Å². The molecule has 1 aromatic rings. The molecule has 0 amide bonds. The molecule has 0 nitrogen and oxygen atoms in total. The zero-order chi connectivity index (χ0) is 20.4. The van der Waals surface area contributed by atoms with Crippen LogP contribution in [0.25, 0.3) is 5.57 Å². The third-order valence-electron chi connectivity index (χ3n) is 6.93. The Hall–Kier alpha value is -0.700. The molecule has 1 aromatic carbocycles. The van der Waals surface area contributed by atoms with E-state index in [0.717, 1.165) is 0 Å². The van der Waals surface area contributed by atoms with E-state index in [0.29, 0.717) is 5.41 Å². The number of benzene rings is 1. The van der Waals surface area contributed by atoms with Gasteiger partial charge < -0.3 is 0 Å². The second-order valence-corrected chi connectivity index (χ2v) is 11.1. The minimum atomic E-state index is 0.0979. The molecule has 1 heterocycles. The molecule has 0 bridgehead atoms. The Morgan fingerprint density at radius 2 is 1.31 bits per heavy atom. The van der Waals surface area contributed by atoms with Crippen LogP contribution in [0.2, 0.25) is 0 Å². The minimum Gasteiger partial charge on any atom is -0.0934 e. The summed E-state index contributed by atoms with van der Waals surface area (Å²) in [6.45, 7) is 4.63. The SMILES string of the molecule is CCCCCCCCC1(CCCCCCCC)C2=C(C=CI=C2)c2ccccc21. The fourth-order valence-corrected chi connectivity index (χ4v) is 7.37. The van der Waals surface area contributed by atoms with E-state index < -0.39 is 0 Å². The van der Waals surface area contributed by atoms with Crippen LogP contribution in [0.5, 0.6) is 0 Å². The standard InChI is InChI=1S/C28H41I/c1-3-5-7-9-11-15-20-28(21-16-12-10-8-6-4-2)26-18-14-13-17-24(26)25-19-22-29-23-27(25)28/h13-14,17-19,22-23H,3-12,15-16,20-21H2,1-2H3. The van der Waals surface area contributed by atoms with Gasteiger partial charge in [0.2, 0.25) is 0 Å². The van der Waals surface area contributed by atoms with Crippen LogP contribution in [0.4, 0.5) is 0 Å². The van der Waals surface area contributed by atoms with Gasteiger partial charge in [0.15, 0.2) is 0 Å². The molecule has 0 unspecified atom stereocenters. The molecule has 0 radical (unpaired) electrons. The maximum absolute atomic E-state index is 2.67. The summed E-state index contributed by atoms with van der Waals surface area (Å²) in [4.78, 5) is 0. The molecule has 0 fully saturated rings. The van der Waals surface area contributed by atoms with E-state index >= 15 is 0 Å². The van der Waals surface area contributed by atoms with Gasteiger partial charge in [-0.1, -0.05) is 136 Å². The van der Waals surface area contributed by atoms with Crippen LogP contribution in [0.1, 0.15) is 115 Å². The van der Waals surface area contributed by atoms with Gasteiger partial charge in [0.25, 0.3) is 0 Å². The average molecular weight is 505 g/mol. The second kappa shape index (κ2) is 12.2. The minimum absolute atomic E-state index is 0.0979. The lowest BCUT2D eigenvalue weighted by molar-refractivity contribution is 0.400. The lowest BCUT2D eigenvalue weighted by Crippen LogP contribution is -2.27. The third kappa shape index (κ3) is 5.71. The molecule has 1 aliphatic heterocycles. The van der Waals surface area contributed by atoms with Crippen LogP contribution >= 0.6 is 20.7 Å². The fraction of sp³-hybridized carbons (Fsp3) is 0.607. The van der Waals surface area contributed by atoms with E-state index in [9.17, 15) is 0 Å². The zero-order valence-corrected chi connectivity index (χ0v) is 21.0. The van der Waals surface area contributed by atoms with Crippen molar-refractivity contribution in [2.24, 2.45) is 0 Å². The van der Waals surface area contributed by atoms with Crippen molar-refractivity contribution in [1.82, 2.24) is 0 Å². The maximum Gasteiger partial charge on any atom is 0.0219 e. The van der Waals surface area contributed by atoms with Crippen LogP contribution in [0.15, 0.2) is 40.0 Å². The molecule has 29 heavy (non-hydrogen) atoms. The maximum atomic E-state index is 2.67. The van der Waals surface area contributed by atoms with Crippen LogP contribution in [-0.2, 0) is 5.41 Å². The molecule has 160 valence electrons. The molecule has 0 spiro atoms. The van der Waals surface area contributed by atoms with Gasteiger partial charge in [-0.2, -0.15) is 0 Å². The first-order valence-electron chi connectivity index (χ1n) is 12.3. The molecule has 0 saturated carbocycles. The average Bonchev–Trinajstić information content (AvgIpc) is 3.04. The first kappa shape index (κ1) is 23.0. The molecule has 0 atom stereocenters. The number of hydrogen-bond donors (Lipinski definition) is 0. The quantitative estimate of drug-likeness (QED) is 0.175. The Morgan fingerprint density at radius 3 is 1.97 bits per heavy atom. The largest absolute Gasteiger partial charge is 0.0934 e. The Morgan fingerprint density at radius 1 is 0.724 bits per heavy atom. The van der Waals surface area contributed by atoms with Gasteiger partial charge in [0.05, 0.1) is 0 Å². The summed E-state index contributed by atoms with van der Waals surface area (Å²) < 4.78 is 5.13. The van der Waals surface area contributed by atoms with Crippen LogP contribution in [-0.4, -0.2) is 4.01 Å². The first-order valence-corrected chi connectivity index (χ1v) is 14.8. The molecular weight excluding hydrogens is 463 g/mol. The molecule has 0 aromatic heterocycles. The highest BCUT2D eigenvalue weighted by molar-refractivity contribution is 14.2. The summed E-state index contributed by atoms with van der Waals surface area (Å²) >= 11 is 0.0979. The summed E-state index contributed by atoms with van der Waals surface area (Å²) in [5.74, 6) is 0. The predicted octanol–water partition coefficient (Wildman–Crippen LogP) is 9.49. The van der Waals surface area contributed by atoms with Crippen molar-refractivity contribution >= 4 is 30.3 Å². The summed E-state index contributed by atoms with van der Waals surface area (Å²) in [6, 6.07) is 9.37. The van der Waals surface area contributed by atoms with Crippen molar-refractivity contribution in [3.8, 4) is 0 Å². The molecule has 3 rings (SSSR count). The lowest BCUT2D eigenvalue weighted by atomic mass is 9.70. The van der Waals surface area contributed by atoms with Crippen molar-refractivity contribution in [3.05, 3.63) is 51.1 Å². The summed E-state index contributed by atoms with van der Waals surface area (Å²) in [5.41, 5.74) is 6.78. The Kier molecular flexibility index (Phi) is 9.69. The Bertz CT molecular complexity index is 706. The summed E-state index contributed by atoms with van der Waals surface area (Å²) in [6.07, 6.45) is 22.0. The van der Waals surface area contributed by atoms with E-state index in [-0.39, 0.29) is 20.7 Å². The van der Waals surface area contributed by atoms with Gasteiger partial charge in [-0.15, -0.1) is 0 Å². The van der Waals surface area contributed by atoms with E-state index in [2.05, 4.69) is 52.3 Å². The zero-order valence-electron chi connectivity index (χ0n) is 18.8. The van der Waals surface area contributed by atoms with E-state index in [4.69, 9.17) is 0 Å². The molecule has 0 saturated heterocycles. The molecule has 0 N–H and O–H groups in total. The van der Waals surface area contributed by atoms with Gasteiger partial charge in [-0.25, -0.2) is 0 Å². The lowest BCUT2D eigenvalue weighted by Gasteiger charge is -2.34. The normalized spacial score (nSPS) is 16.6. The molecule has 2 aliphatic rings. The van der Waals surface area contributed by atoms with Crippen molar-refractivity contribution in [2.75, 3.05) is 0 Å². The van der Waals surface area contributed by atoms with Gasteiger partial charge in [-0.05, 0) is 49.3 Å². The molecule has 1 heteroatoms. The number of rotatable bonds is 14. The highest BCUT2D eigenvalue weighted by atomic mass is 127. The van der Waals surface area contributed by atoms with Crippen molar-refractivity contribution in [1.29, 1.82) is 0 Å². The summed E-state index contributed by atoms with van der Waals surface area (Å²) in [7, 11) is 0. The van der Waals surface area contributed by atoms with Gasteiger partial charge >= 0.3 is 0 Å². The van der Waals surface area contributed by atoms with Crippen LogP contribution in [0, 0.1) is 0 Å². The van der Waals surface area contributed by atoms with Gasteiger partial charge in [0, 0.05) is 5.41 Å². The highest BCUT2D eigenvalue weighted by Gasteiger charge is 2.42. The molecule has 1 aliphatic carbocycles. The Balaban J connectivity index is 1.74. The monoisotopic (exact) mass is 504 g/mol. The van der Waals surface area contributed by atoms with Crippen LogP contribution < -0.4 is 0 Å². The van der Waals surface area contributed by atoms with E-state index in [1.54, 1.807) is 16.7 Å². The number of unbranched alkanes of at least 4 members (excludes halogenated alkanes) is 10. The number of fused-ring (bicyclic) bond motifs is 2. The number of allylic oxidation sites excluding steroid dienone is 3. The van der Waals surface area contributed by atoms with E-state index in [1.165, 1.54) is 95.5 Å². The van der Waals surface area contributed by atoms with Crippen molar-refractivity contribution in [2.45, 2.75) is 109 Å². The number of hydrogen-bond acceptors (Lipinski definition) is 0. The smallest absolute Gasteiger partial charge is 0.0219 e. The number of halogens is 1. The Labute approximate surface area is 190 Å².